The third-order valence-corrected chi connectivity index (χ3v) is 4.91. The summed E-state index contributed by atoms with van der Waals surface area (Å²) in [6, 6.07) is 16.1. The summed E-state index contributed by atoms with van der Waals surface area (Å²) in [5.41, 5.74) is 6.35. The monoisotopic (exact) mass is 427 g/mol. The van der Waals surface area contributed by atoms with Crippen LogP contribution in [-0.2, 0) is 11.3 Å². The molecule has 0 saturated heterocycles. The number of carbonyl (C=O) groups excluding carboxylic acids is 1. The van der Waals surface area contributed by atoms with Crippen LogP contribution in [0, 0.1) is 0 Å². The molecule has 0 fully saturated rings. The Labute approximate surface area is 177 Å². The molecular formula is C21H22ClN5O3. The molecule has 0 aliphatic carbocycles. The molecule has 4 N–H and O–H groups in total. The lowest BCUT2D eigenvalue weighted by molar-refractivity contribution is -0.115. The molecule has 0 spiro atoms. The Morgan fingerprint density at radius 1 is 1.13 bits per heavy atom. The Bertz CT molecular complexity index is 1160. The molecule has 3 rings (SSSR count). The van der Waals surface area contributed by atoms with E-state index in [2.05, 4.69) is 10.3 Å². The number of carbonyl (C=O) groups is 1. The Morgan fingerprint density at radius 2 is 1.80 bits per heavy atom. The smallest absolute Gasteiger partial charge is 0.330 e. The maximum absolute atomic E-state index is 12.5. The van der Waals surface area contributed by atoms with Crippen molar-refractivity contribution < 1.29 is 4.79 Å². The van der Waals surface area contributed by atoms with E-state index in [9.17, 15) is 14.4 Å². The van der Waals surface area contributed by atoms with Gasteiger partial charge in [-0.25, -0.2) is 4.79 Å². The molecule has 0 unspecified atom stereocenters. The standard InChI is InChI=1S/C21H22ClN5O3/c1-2-26(13-17(28)24-16-11-7-6-10-15(16)22)18-19(23)27(21(30)25-20(18)29)12-14-8-4-3-5-9-14/h3-11H,2,12-13,23H2,1H3,(H,24,28)(H,25,29,30). The zero-order chi connectivity index (χ0) is 21.7. The third-order valence-electron chi connectivity index (χ3n) is 4.58. The van der Waals surface area contributed by atoms with Crippen molar-refractivity contribution >= 4 is 34.7 Å². The first-order valence-corrected chi connectivity index (χ1v) is 9.74. The second-order valence-corrected chi connectivity index (χ2v) is 7.01. The number of aromatic nitrogens is 2. The number of benzene rings is 2. The van der Waals surface area contributed by atoms with Gasteiger partial charge in [-0.3, -0.25) is 19.1 Å². The number of amides is 1. The van der Waals surface area contributed by atoms with Crippen LogP contribution >= 0.6 is 11.6 Å². The predicted molar refractivity (Wildman–Crippen MR) is 119 cm³/mol. The Balaban J connectivity index is 1.89. The van der Waals surface area contributed by atoms with E-state index in [0.717, 1.165) is 5.56 Å². The van der Waals surface area contributed by atoms with E-state index < -0.39 is 11.2 Å². The fourth-order valence-electron chi connectivity index (χ4n) is 3.08. The van der Waals surface area contributed by atoms with Gasteiger partial charge >= 0.3 is 5.69 Å². The minimum absolute atomic E-state index is 0.00000317. The van der Waals surface area contributed by atoms with E-state index >= 15 is 0 Å². The Kier molecular flexibility index (Phi) is 6.58. The van der Waals surface area contributed by atoms with Gasteiger partial charge < -0.3 is 16.0 Å². The van der Waals surface area contributed by atoms with Gasteiger partial charge in [-0.05, 0) is 24.6 Å². The molecule has 30 heavy (non-hydrogen) atoms. The minimum Gasteiger partial charge on any atom is -0.383 e. The van der Waals surface area contributed by atoms with Gasteiger partial charge in [-0.15, -0.1) is 0 Å². The van der Waals surface area contributed by atoms with Gasteiger partial charge in [0.05, 0.1) is 23.8 Å². The second kappa shape index (κ2) is 9.32. The van der Waals surface area contributed by atoms with E-state index in [1.54, 1.807) is 31.2 Å². The predicted octanol–water partition coefficient (Wildman–Crippen LogP) is 2.29. The highest BCUT2D eigenvalue weighted by Crippen LogP contribution is 2.21. The van der Waals surface area contributed by atoms with Crippen molar-refractivity contribution in [3.05, 3.63) is 86.0 Å². The zero-order valence-corrected chi connectivity index (χ0v) is 17.1. The number of nitrogen functional groups attached to an aromatic ring is 1. The zero-order valence-electron chi connectivity index (χ0n) is 16.4. The SMILES string of the molecule is CCN(CC(=O)Nc1ccccc1Cl)c1c(N)n(Cc2ccccc2)c(=O)[nH]c1=O. The Morgan fingerprint density at radius 3 is 2.47 bits per heavy atom. The fourth-order valence-corrected chi connectivity index (χ4v) is 3.26. The van der Waals surface area contributed by atoms with Gasteiger partial charge in [-0.1, -0.05) is 54.1 Å². The largest absolute Gasteiger partial charge is 0.383 e. The summed E-state index contributed by atoms with van der Waals surface area (Å²) in [4.78, 5) is 41.2. The van der Waals surface area contributed by atoms with Crippen molar-refractivity contribution in [1.82, 2.24) is 9.55 Å². The van der Waals surface area contributed by atoms with Crippen LogP contribution in [-0.4, -0.2) is 28.5 Å². The molecule has 0 saturated carbocycles. The number of nitrogens with two attached hydrogens (primary N) is 1. The van der Waals surface area contributed by atoms with Gasteiger partial charge in [0.15, 0.2) is 0 Å². The average molecular weight is 428 g/mol. The van der Waals surface area contributed by atoms with E-state index in [1.807, 2.05) is 30.3 Å². The first-order chi connectivity index (χ1) is 14.4. The van der Waals surface area contributed by atoms with Crippen LogP contribution in [0.25, 0.3) is 0 Å². The van der Waals surface area contributed by atoms with Crippen molar-refractivity contribution in [3.63, 3.8) is 0 Å². The topological polar surface area (TPSA) is 113 Å². The maximum atomic E-state index is 12.5. The summed E-state index contributed by atoms with van der Waals surface area (Å²) in [7, 11) is 0. The van der Waals surface area contributed by atoms with Crippen molar-refractivity contribution in [2.75, 3.05) is 29.0 Å². The first-order valence-electron chi connectivity index (χ1n) is 9.36. The number of nitrogens with one attached hydrogen (secondary N) is 2. The summed E-state index contributed by atoms with van der Waals surface area (Å²) < 4.78 is 1.28. The van der Waals surface area contributed by atoms with Crippen molar-refractivity contribution in [3.8, 4) is 0 Å². The third kappa shape index (κ3) is 4.72. The van der Waals surface area contributed by atoms with Crippen LogP contribution in [0.5, 0.6) is 0 Å². The van der Waals surface area contributed by atoms with Gasteiger partial charge in [0, 0.05) is 6.54 Å². The molecule has 3 aromatic rings. The number of rotatable bonds is 7. The van der Waals surface area contributed by atoms with E-state index in [-0.39, 0.29) is 30.5 Å². The normalized spacial score (nSPS) is 10.6. The van der Waals surface area contributed by atoms with E-state index in [0.29, 0.717) is 17.3 Å². The number of H-pyrrole nitrogens is 1. The molecule has 0 atom stereocenters. The van der Waals surface area contributed by atoms with E-state index in [4.69, 9.17) is 17.3 Å². The number of hydrogen-bond acceptors (Lipinski definition) is 5. The summed E-state index contributed by atoms with van der Waals surface area (Å²) in [5.74, 6) is -0.371. The van der Waals surface area contributed by atoms with E-state index in [1.165, 1.54) is 9.47 Å². The van der Waals surface area contributed by atoms with Crippen LogP contribution in [0.4, 0.5) is 17.2 Å². The number of para-hydroxylation sites is 1. The molecule has 9 heteroatoms. The number of halogens is 1. The van der Waals surface area contributed by atoms with Gasteiger partial charge in [0.2, 0.25) is 5.91 Å². The number of likely N-dealkylation sites (N-methyl/N-ethyl adjacent to an activating group) is 1. The second-order valence-electron chi connectivity index (χ2n) is 6.61. The Hall–Kier alpha value is -3.52. The highest BCUT2D eigenvalue weighted by molar-refractivity contribution is 6.33. The molecule has 8 nitrogen and oxygen atoms in total. The van der Waals surface area contributed by atoms with Crippen LogP contribution in [0.15, 0.2) is 64.2 Å². The van der Waals surface area contributed by atoms with Crippen LogP contribution in [0.3, 0.4) is 0 Å². The highest BCUT2D eigenvalue weighted by Gasteiger charge is 2.20. The number of hydrogen-bond donors (Lipinski definition) is 3. The van der Waals surface area contributed by atoms with Crippen LogP contribution in [0.1, 0.15) is 12.5 Å². The molecule has 0 aliphatic rings. The number of aromatic amines is 1. The number of nitrogens with zero attached hydrogens (tertiary/aromatic N) is 2. The summed E-state index contributed by atoms with van der Waals surface area (Å²) >= 11 is 6.08. The van der Waals surface area contributed by atoms with Crippen molar-refractivity contribution in [1.29, 1.82) is 0 Å². The lowest BCUT2D eigenvalue weighted by Gasteiger charge is -2.24. The molecule has 2 aromatic carbocycles. The molecule has 0 aliphatic heterocycles. The molecule has 1 amide bonds. The van der Waals surface area contributed by atoms with Crippen LogP contribution in [0.2, 0.25) is 5.02 Å². The van der Waals surface area contributed by atoms with Gasteiger partial charge in [0.25, 0.3) is 5.56 Å². The lowest BCUT2D eigenvalue weighted by atomic mass is 10.2. The molecule has 156 valence electrons. The molecule has 0 bridgehead atoms. The first kappa shape index (κ1) is 21.2. The quantitative estimate of drug-likeness (QED) is 0.535. The number of anilines is 3. The molecule has 1 heterocycles. The van der Waals surface area contributed by atoms with Crippen LogP contribution < -0.4 is 27.2 Å². The van der Waals surface area contributed by atoms with Crippen molar-refractivity contribution in [2.45, 2.75) is 13.5 Å². The molecule has 1 aromatic heterocycles. The average Bonchev–Trinajstić information content (AvgIpc) is 2.72. The van der Waals surface area contributed by atoms with Gasteiger partial charge in [-0.2, -0.15) is 0 Å². The molecule has 0 radical (unpaired) electrons. The van der Waals surface area contributed by atoms with Gasteiger partial charge in [0.1, 0.15) is 11.5 Å². The maximum Gasteiger partial charge on any atom is 0.330 e. The lowest BCUT2D eigenvalue weighted by Crippen LogP contribution is -2.41. The summed E-state index contributed by atoms with van der Waals surface area (Å²) in [5, 5.41) is 3.12. The fraction of sp³-hybridized carbons (Fsp3) is 0.190. The summed E-state index contributed by atoms with van der Waals surface area (Å²) in [6.07, 6.45) is 0. The van der Waals surface area contributed by atoms with Crippen molar-refractivity contribution in [2.24, 2.45) is 0 Å². The summed E-state index contributed by atoms with van der Waals surface area (Å²) in [6.45, 7) is 2.16. The highest BCUT2D eigenvalue weighted by atomic mass is 35.5. The minimum atomic E-state index is -0.644. The molecular weight excluding hydrogens is 406 g/mol.